The fourth-order valence-corrected chi connectivity index (χ4v) is 3.31. The number of nitrogens with two attached hydrogens (primary N) is 1. The topological polar surface area (TPSA) is 84.2 Å². The molecule has 0 aliphatic carbocycles. The second kappa shape index (κ2) is 10.00. The predicted molar refractivity (Wildman–Crippen MR) is 120 cm³/mol. The van der Waals surface area contributed by atoms with Crippen molar-refractivity contribution in [3.8, 4) is 0 Å². The maximum absolute atomic E-state index is 13.9. The van der Waals surface area contributed by atoms with Crippen molar-refractivity contribution in [2.24, 2.45) is 5.73 Å². The highest BCUT2D eigenvalue weighted by molar-refractivity contribution is 5.96. The molecule has 0 spiro atoms. The number of hydrogen-bond donors (Lipinski definition) is 3. The normalized spacial score (nSPS) is 12.7. The van der Waals surface area contributed by atoms with E-state index < -0.39 is 11.9 Å². The van der Waals surface area contributed by atoms with Crippen LogP contribution in [0.25, 0.3) is 0 Å². The van der Waals surface area contributed by atoms with Crippen LogP contribution in [-0.2, 0) is 11.2 Å². The van der Waals surface area contributed by atoms with Crippen LogP contribution in [-0.4, -0.2) is 17.9 Å². The number of carbonyl (C=O) groups excluding carboxylic acids is 2. The lowest BCUT2D eigenvalue weighted by Crippen LogP contribution is -2.40. The summed E-state index contributed by atoms with van der Waals surface area (Å²) >= 11 is 0. The molecule has 0 radical (unpaired) electrons. The van der Waals surface area contributed by atoms with E-state index in [1.165, 1.54) is 17.7 Å². The van der Waals surface area contributed by atoms with Crippen LogP contribution in [0.15, 0.2) is 72.8 Å². The Morgan fingerprint density at radius 1 is 0.968 bits per heavy atom. The molecule has 0 saturated heterocycles. The molecule has 0 heterocycles. The molecule has 0 fully saturated rings. The molecule has 3 rings (SSSR count). The van der Waals surface area contributed by atoms with Crippen molar-refractivity contribution < 1.29 is 14.0 Å². The molecule has 0 aromatic heterocycles. The molecular formula is C25H26FN3O2. The number of primary amides is 1. The Hall–Kier alpha value is -3.51. The fraction of sp³-hybridized carbons (Fsp3) is 0.200. The van der Waals surface area contributed by atoms with Gasteiger partial charge < -0.3 is 11.1 Å². The molecule has 31 heavy (non-hydrogen) atoms. The van der Waals surface area contributed by atoms with Gasteiger partial charge in [-0.1, -0.05) is 43.3 Å². The molecule has 4 N–H and O–H groups in total. The number of halogens is 1. The molecule has 0 unspecified atom stereocenters. The van der Waals surface area contributed by atoms with E-state index in [9.17, 15) is 14.0 Å². The Morgan fingerprint density at radius 3 is 2.23 bits per heavy atom. The van der Waals surface area contributed by atoms with E-state index in [0.717, 1.165) is 17.5 Å². The Labute approximate surface area is 181 Å². The van der Waals surface area contributed by atoms with Gasteiger partial charge in [-0.25, -0.2) is 4.39 Å². The number of carbonyl (C=O) groups is 2. The van der Waals surface area contributed by atoms with Crippen molar-refractivity contribution in [1.29, 1.82) is 0 Å². The van der Waals surface area contributed by atoms with Gasteiger partial charge in [0, 0.05) is 11.3 Å². The third kappa shape index (κ3) is 5.77. The lowest BCUT2D eigenvalue weighted by molar-refractivity contribution is -0.117. The number of hydrogen-bond acceptors (Lipinski definition) is 3. The van der Waals surface area contributed by atoms with Gasteiger partial charge in [-0.3, -0.25) is 14.9 Å². The Bertz CT molecular complexity index is 1050. The molecule has 5 nitrogen and oxygen atoms in total. The van der Waals surface area contributed by atoms with E-state index in [4.69, 9.17) is 5.73 Å². The molecule has 2 amide bonds. The number of anilines is 1. The molecule has 0 bridgehead atoms. The van der Waals surface area contributed by atoms with E-state index in [2.05, 4.69) is 17.6 Å². The van der Waals surface area contributed by atoms with Gasteiger partial charge in [-0.15, -0.1) is 0 Å². The van der Waals surface area contributed by atoms with Gasteiger partial charge >= 0.3 is 0 Å². The summed E-state index contributed by atoms with van der Waals surface area (Å²) in [6, 6.07) is 19.8. The summed E-state index contributed by atoms with van der Waals surface area (Å²) in [5, 5.41) is 6.13. The third-order valence-electron chi connectivity index (χ3n) is 5.15. The predicted octanol–water partition coefficient (Wildman–Crippen LogP) is 4.19. The minimum atomic E-state index is -0.574. The summed E-state index contributed by atoms with van der Waals surface area (Å²) in [7, 11) is 0. The van der Waals surface area contributed by atoms with Gasteiger partial charge in [0.05, 0.1) is 12.1 Å². The van der Waals surface area contributed by atoms with E-state index in [1.54, 1.807) is 37.3 Å². The van der Waals surface area contributed by atoms with E-state index in [-0.39, 0.29) is 17.8 Å². The van der Waals surface area contributed by atoms with Crippen LogP contribution >= 0.6 is 0 Å². The van der Waals surface area contributed by atoms with E-state index >= 15 is 0 Å². The quantitative estimate of drug-likeness (QED) is 0.512. The molecular weight excluding hydrogens is 393 g/mol. The Morgan fingerprint density at radius 2 is 1.65 bits per heavy atom. The van der Waals surface area contributed by atoms with Crippen molar-refractivity contribution in [3.05, 3.63) is 101 Å². The SMILES string of the molecule is CCc1ccc([C@H](N[C@H](C)C(=O)Nc2ccc(C(N)=O)cc2)c2cccc(F)c2)cc1. The number of aryl methyl sites for hydroxylation is 1. The molecule has 3 aromatic rings. The number of amides is 2. The van der Waals surface area contributed by atoms with Gasteiger partial charge in [-0.05, 0) is 66.4 Å². The smallest absolute Gasteiger partial charge is 0.248 e. The highest BCUT2D eigenvalue weighted by Crippen LogP contribution is 2.24. The molecule has 160 valence electrons. The van der Waals surface area contributed by atoms with Crippen LogP contribution in [0.5, 0.6) is 0 Å². The van der Waals surface area contributed by atoms with Crippen molar-refractivity contribution in [2.75, 3.05) is 5.32 Å². The Kier molecular flexibility index (Phi) is 7.15. The zero-order chi connectivity index (χ0) is 22.4. The molecule has 6 heteroatoms. The summed E-state index contributed by atoms with van der Waals surface area (Å²) in [6.07, 6.45) is 0.922. The van der Waals surface area contributed by atoms with Crippen LogP contribution in [0, 0.1) is 5.82 Å². The highest BCUT2D eigenvalue weighted by Gasteiger charge is 2.21. The van der Waals surface area contributed by atoms with Gasteiger partial charge in [0.2, 0.25) is 11.8 Å². The number of rotatable bonds is 8. The molecule has 2 atom stereocenters. The minimum Gasteiger partial charge on any atom is -0.366 e. The molecule has 0 saturated carbocycles. The van der Waals surface area contributed by atoms with Crippen molar-refractivity contribution in [1.82, 2.24) is 5.32 Å². The van der Waals surface area contributed by atoms with Crippen molar-refractivity contribution >= 4 is 17.5 Å². The van der Waals surface area contributed by atoms with Crippen LogP contribution in [0.2, 0.25) is 0 Å². The zero-order valence-electron chi connectivity index (χ0n) is 17.6. The first-order valence-corrected chi connectivity index (χ1v) is 10.2. The van der Waals surface area contributed by atoms with E-state index in [0.29, 0.717) is 11.3 Å². The second-order valence-corrected chi connectivity index (χ2v) is 7.40. The molecule has 3 aromatic carbocycles. The first-order chi connectivity index (χ1) is 14.9. The fourth-order valence-electron chi connectivity index (χ4n) is 3.31. The number of benzene rings is 3. The highest BCUT2D eigenvalue weighted by atomic mass is 19.1. The van der Waals surface area contributed by atoms with Gasteiger partial charge in [0.25, 0.3) is 0 Å². The number of nitrogens with one attached hydrogen (secondary N) is 2. The summed E-state index contributed by atoms with van der Waals surface area (Å²) in [4.78, 5) is 24.0. The minimum absolute atomic E-state index is 0.251. The second-order valence-electron chi connectivity index (χ2n) is 7.40. The Balaban J connectivity index is 1.79. The summed E-state index contributed by atoms with van der Waals surface area (Å²) < 4.78 is 13.9. The molecule has 0 aliphatic heterocycles. The van der Waals surface area contributed by atoms with Gasteiger partial charge in [0.1, 0.15) is 5.82 Å². The molecule has 0 aliphatic rings. The van der Waals surface area contributed by atoms with Gasteiger partial charge in [-0.2, -0.15) is 0 Å². The van der Waals surface area contributed by atoms with Crippen LogP contribution in [0.4, 0.5) is 10.1 Å². The van der Waals surface area contributed by atoms with Crippen LogP contribution < -0.4 is 16.4 Å². The van der Waals surface area contributed by atoms with Crippen LogP contribution in [0.3, 0.4) is 0 Å². The summed E-state index contributed by atoms with van der Waals surface area (Å²) in [6.45, 7) is 3.83. The average molecular weight is 420 g/mol. The largest absolute Gasteiger partial charge is 0.366 e. The van der Waals surface area contributed by atoms with Gasteiger partial charge in [0.15, 0.2) is 0 Å². The lowest BCUT2D eigenvalue weighted by atomic mass is 9.96. The zero-order valence-corrected chi connectivity index (χ0v) is 17.6. The summed E-state index contributed by atoms with van der Waals surface area (Å²) in [5.74, 6) is -1.11. The maximum atomic E-state index is 13.9. The summed E-state index contributed by atoms with van der Waals surface area (Å²) in [5.41, 5.74) is 9.04. The monoisotopic (exact) mass is 419 g/mol. The maximum Gasteiger partial charge on any atom is 0.248 e. The third-order valence-corrected chi connectivity index (χ3v) is 5.15. The van der Waals surface area contributed by atoms with Crippen LogP contribution in [0.1, 0.15) is 46.9 Å². The first-order valence-electron chi connectivity index (χ1n) is 10.2. The lowest BCUT2D eigenvalue weighted by Gasteiger charge is -2.24. The van der Waals surface area contributed by atoms with E-state index in [1.807, 2.05) is 30.3 Å². The standard InChI is InChI=1S/C25H26FN3O2/c1-3-17-7-9-18(10-8-17)23(20-5-4-6-21(26)15-20)28-16(2)25(31)29-22-13-11-19(12-14-22)24(27)30/h4-16,23,28H,3H2,1-2H3,(H2,27,30)(H,29,31)/t16-,23+/m1/s1. The van der Waals surface area contributed by atoms with Crippen molar-refractivity contribution in [2.45, 2.75) is 32.4 Å². The average Bonchev–Trinajstić information content (AvgIpc) is 2.77. The first kappa shape index (κ1) is 22.2. The van der Waals surface area contributed by atoms with Crippen molar-refractivity contribution in [3.63, 3.8) is 0 Å².